The second-order valence-electron chi connectivity index (χ2n) is 7.86. The van der Waals surface area contributed by atoms with E-state index in [0.717, 1.165) is 17.5 Å². The normalized spacial score (nSPS) is 10.9. The number of fused-ring (bicyclic) bond motifs is 1. The minimum Gasteiger partial charge on any atom is -0.325 e. The Kier molecular flexibility index (Phi) is 6.03. The molecule has 0 aliphatic carbocycles. The summed E-state index contributed by atoms with van der Waals surface area (Å²) in [4.78, 5) is 39.1. The van der Waals surface area contributed by atoms with Crippen molar-refractivity contribution in [2.45, 2.75) is 33.4 Å². The Morgan fingerprint density at radius 1 is 0.844 bits per heavy atom. The van der Waals surface area contributed by atoms with Crippen molar-refractivity contribution in [1.82, 2.24) is 9.13 Å². The van der Waals surface area contributed by atoms with Gasteiger partial charge < -0.3 is 5.32 Å². The zero-order valence-electron chi connectivity index (χ0n) is 18.2. The topological polar surface area (TPSA) is 73.1 Å². The van der Waals surface area contributed by atoms with Crippen LogP contribution in [0, 0.1) is 6.92 Å². The fourth-order valence-electron chi connectivity index (χ4n) is 3.71. The molecule has 1 heterocycles. The van der Waals surface area contributed by atoms with Gasteiger partial charge >= 0.3 is 5.69 Å². The molecule has 0 aliphatic rings. The highest BCUT2D eigenvalue weighted by Crippen LogP contribution is 2.12. The number of hydrogen-bond acceptors (Lipinski definition) is 3. The average Bonchev–Trinajstić information content (AvgIpc) is 2.81. The SMILES string of the molecule is CCc1ccc(NC(=O)Cn2c(=O)n(Cc3ccc(C)cc3)c(=O)c3ccccc32)cc1. The van der Waals surface area contributed by atoms with Gasteiger partial charge in [-0.3, -0.25) is 18.7 Å². The van der Waals surface area contributed by atoms with Crippen molar-refractivity contribution in [3.8, 4) is 0 Å². The molecule has 3 aromatic carbocycles. The molecule has 0 spiro atoms. The first-order chi connectivity index (χ1) is 15.5. The van der Waals surface area contributed by atoms with Crippen LogP contribution in [-0.2, 0) is 24.3 Å². The molecule has 162 valence electrons. The van der Waals surface area contributed by atoms with Gasteiger partial charge in [0.15, 0.2) is 0 Å². The van der Waals surface area contributed by atoms with Crippen LogP contribution in [0.2, 0.25) is 0 Å². The van der Waals surface area contributed by atoms with E-state index in [2.05, 4.69) is 12.2 Å². The number of aryl methyl sites for hydroxylation is 2. The van der Waals surface area contributed by atoms with Gasteiger partial charge in [-0.1, -0.05) is 61.0 Å². The fraction of sp³-hybridized carbons (Fsp3) is 0.192. The summed E-state index contributed by atoms with van der Waals surface area (Å²) in [5, 5.41) is 3.24. The van der Waals surface area contributed by atoms with Crippen LogP contribution >= 0.6 is 0 Å². The Labute approximate surface area is 185 Å². The maximum absolute atomic E-state index is 13.3. The van der Waals surface area contributed by atoms with Crippen molar-refractivity contribution >= 4 is 22.5 Å². The third-order valence-corrected chi connectivity index (χ3v) is 5.54. The molecule has 4 rings (SSSR count). The molecule has 0 fully saturated rings. The van der Waals surface area contributed by atoms with Crippen LogP contribution in [0.1, 0.15) is 23.6 Å². The van der Waals surface area contributed by atoms with Gasteiger partial charge in [-0.05, 0) is 48.7 Å². The lowest BCUT2D eigenvalue weighted by Gasteiger charge is -2.14. The van der Waals surface area contributed by atoms with Crippen LogP contribution in [0.25, 0.3) is 10.9 Å². The largest absolute Gasteiger partial charge is 0.332 e. The number of para-hydroxylation sites is 1. The smallest absolute Gasteiger partial charge is 0.325 e. The molecule has 0 aliphatic heterocycles. The van der Waals surface area contributed by atoms with Gasteiger partial charge in [-0.15, -0.1) is 0 Å². The van der Waals surface area contributed by atoms with E-state index in [0.29, 0.717) is 16.6 Å². The van der Waals surface area contributed by atoms with E-state index in [9.17, 15) is 14.4 Å². The van der Waals surface area contributed by atoms with Crippen LogP contribution in [0.4, 0.5) is 5.69 Å². The summed E-state index contributed by atoms with van der Waals surface area (Å²) in [6, 6.07) is 22.2. The minimum absolute atomic E-state index is 0.142. The molecule has 0 unspecified atom stereocenters. The maximum atomic E-state index is 13.3. The molecule has 6 heteroatoms. The second-order valence-corrected chi connectivity index (χ2v) is 7.86. The quantitative estimate of drug-likeness (QED) is 0.510. The summed E-state index contributed by atoms with van der Waals surface area (Å²) in [6.07, 6.45) is 0.915. The highest BCUT2D eigenvalue weighted by Gasteiger charge is 2.15. The summed E-state index contributed by atoms with van der Waals surface area (Å²) in [6.45, 7) is 4.00. The monoisotopic (exact) mass is 427 g/mol. The highest BCUT2D eigenvalue weighted by molar-refractivity contribution is 5.91. The summed E-state index contributed by atoms with van der Waals surface area (Å²) in [5.41, 5.74) is 3.35. The van der Waals surface area contributed by atoms with Gasteiger partial charge in [0.2, 0.25) is 5.91 Å². The lowest BCUT2D eigenvalue weighted by Crippen LogP contribution is -2.42. The fourth-order valence-corrected chi connectivity index (χ4v) is 3.71. The van der Waals surface area contributed by atoms with E-state index >= 15 is 0 Å². The molecular formula is C26H25N3O3. The summed E-state index contributed by atoms with van der Waals surface area (Å²) < 4.78 is 2.55. The maximum Gasteiger partial charge on any atom is 0.332 e. The molecule has 0 bridgehead atoms. The van der Waals surface area contributed by atoms with Crippen molar-refractivity contribution in [2.75, 3.05) is 5.32 Å². The van der Waals surface area contributed by atoms with E-state index in [1.807, 2.05) is 55.5 Å². The number of nitrogens with zero attached hydrogens (tertiary/aromatic N) is 2. The third kappa shape index (κ3) is 4.39. The Hall–Kier alpha value is -3.93. The molecule has 4 aromatic rings. The third-order valence-electron chi connectivity index (χ3n) is 5.54. The molecule has 0 saturated heterocycles. The number of benzene rings is 3. The minimum atomic E-state index is -0.509. The number of rotatable bonds is 6. The van der Waals surface area contributed by atoms with Gasteiger partial charge in [0, 0.05) is 5.69 Å². The van der Waals surface area contributed by atoms with E-state index in [1.54, 1.807) is 24.3 Å². The molecule has 1 aromatic heterocycles. The lowest BCUT2D eigenvalue weighted by molar-refractivity contribution is -0.116. The van der Waals surface area contributed by atoms with Crippen molar-refractivity contribution in [3.05, 3.63) is 110 Å². The molecule has 0 atom stereocenters. The van der Waals surface area contributed by atoms with Crippen molar-refractivity contribution in [2.24, 2.45) is 0 Å². The predicted molar refractivity (Wildman–Crippen MR) is 127 cm³/mol. The lowest BCUT2D eigenvalue weighted by atomic mass is 10.1. The second kappa shape index (κ2) is 9.06. The Morgan fingerprint density at radius 2 is 1.50 bits per heavy atom. The molecule has 0 saturated carbocycles. The standard InChI is InChI=1S/C26H25N3O3/c1-3-19-12-14-21(15-13-19)27-24(30)17-28-23-7-5-4-6-22(23)25(31)29(26(28)32)16-20-10-8-18(2)9-11-20/h4-15H,3,16-17H2,1-2H3,(H,27,30). The molecule has 1 N–H and O–H groups in total. The number of carbonyl (C=O) groups excluding carboxylic acids is 1. The van der Waals surface area contributed by atoms with Crippen molar-refractivity contribution in [1.29, 1.82) is 0 Å². The van der Waals surface area contributed by atoms with Crippen molar-refractivity contribution < 1.29 is 4.79 Å². The highest BCUT2D eigenvalue weighted by atomic mass is 16.2. The predicted octanol–water partition coefficient (Wildman–Crippen LogP) is 3.72. The summed E-state index contributed by atoms with van der Waals surface area (Å²) in [7, 11) is 0. The Morgan fingerprint density at radius 3 is 2.19 bits per heavy atom. The van der Waals surface area contributed by atoms with Crippen LogP contribution < -0.4 is 16.6 Å². The average molecular weight is 428 g/mol. The van der Waals surface area contributed by atoms with Crippen LogP contribution in [0.15, 0.2) is 82.4 Å². The molecule has 6 nitrogen and oxygen atoms in total. The van der Waals surface area contributed by atoms with E-state index in [4.69, 9.17) is 0 Å². The van der Waals surface area contributed by atoms with E-state index in [-0.39, 0.29) is 24.6 Å². The molecule has 1 amide bonds. The van der Waals surface area contributed by atoms with Crippen molar-refractivity contribution in [3.63, 3.8) is 0 Å². The van der Waals surface area contributed by atoms with Gasteiger partial charge in [0.1, 0.15) is 6.54 Å². The first-order valence-corrected chi connectivity index (χ1v) is 10.6. The van der Waals surface area contributed by atoms with Gasteiger partial charge in [-0.2, -0.15) is 0 Å². The van der Waals surface area contributed by atoms with Gasteiger partial charge in [0.05, 0.1) is 17.4 Å². The zero-order chi connectivity index (χ0) is 22.7. The zero-order valence-corrected chi connectivity index (χ0v) is 18.2. The first-order valence-electron chi connectivity index (χ1n) is 10.6. The number of hydrogen-bond donors (Lipinski definition) is 1. The van der Waals surface area contributed by atoms with Crippen LogP contribution in [-0.4, -0.2) is 15.0 Å². The summed E-state index contributed by atoms with van der Waals surface area (Å²) in [5.74, 6) is -0.331. The van der Waals surface area contributed by atoms with Crippen LogP contribution in [0.3, 0.4) is 0 Å². The number of nitrogens with one attached hydrogen (secondary N) is 1. The van der Waals surface area contributed by atoms with Gasteiger partial charge in [-0.25, -0.2) is 4.79 Å². The van der Waals surface area contributed by atoms with E-state index < -0.39 is 5.69 Å². The molecular weight excluding hydrogens is 402 g/mol. The number of aromatic nitrogens is 2. The Balaban J connectivity index is 1.71. The number of carbonyl (C=O) groups is 1. The Bertz CT molecular complexity index is 1380. The molecule has 0 radical (unpaired) electrons. The first kappa shape index (κ1) is 21.3. The number of amides is 1. The molecule has 32 heavy (non-hydrogen) atoms. The van der Waals surface area contributed by atoms with Gasteiger partial charge in [0.25, 0.3) is 5.56 Å². The van der Waals surface area contributed by atoms with E-state index in [1.165, 1.54) is 14.7 Å². The summed E-state index contributed by atoms with van der Waals surface area (Å²) >= 11 is 0. The van der Waals surface area contributed by atoms with Crippen LogP contribution in [0.5, 0.6) is 0 Å². The number of anilines is 1.